The molecule has 0 aliphatic carbocycles. The highest BCUT2D eigenvalue weighted by atomic mass is 32.2. The number of hydrogen-bond donors (Lipinski definition) is 2. The van der Waals surface area contributed by atoms with Gasteiger partial charge in [0.05, 0.1) is 5.69 Å². The topological polar surface area (TPSA) is 71.2 Å². The van der Waals surface area contributed by atoms with E-state index in [1.807, 2.05) is 16.7 Å². The maximum atomic E-state index is 12.3. The van der Waals surface area contributed by atoms with E-state index in [9.17, 15) is 4.79 Å². The first kappa shape index (κ1) is 13.2. The van der Waals surface area contributed by atoms with Gasteiger partial charge in [0.1, 0.15) is 5.69 Å². The number of anilines is 1. The van der Waals surface area contributed by atoms with Crippen LogP contribution in [-0.2, 0) is 0 Å². The maximum Gasteiger partial charge on any atom is 0.272 e. The fraction of sp³-hybridized carbons (Fsp3) is 0.500. The van der Waals surface area contributed by atoms with Gasteiger partial charge in [0.25, 0.3) is 5.91 Å². The Morgan fingerprint density at radius 3 is 3.28 bits per heavy atom. The smallest absolute Gasteiger partial charge is 0.272 e. The third-order valence-corrected chi connectivity index (χ3v) is 4.40. The molecular weight excluding hydrogens is 248 g/mol. The fourth-order valence-corrected chi connectivity index (χ4v) is 3.13. The normalized spacial score (nSPS) is 19.7. The Hall–Kier alpha value is -1.27. The predicted octanol–water partition coefficient (Wildman–Crippen LogP) is 1.33. The highest BCUT2D eigenvalue weighted by molar-refractivity contribution is 8.00. The van der Waals surface area contributed by atoms with Gasteiger partial charge in [-0.3, -0.25) is 15.6 Å². The molecule has 1 amide bonds. The number of thioether (sulfide) groups is 1. The molecule has 0 spiro atoms. The molecule has 0 saturated carbocycles. The highest BCUT2D eigenvalue weighted by Gasteiger charge is 2.24. The maximum absolute atomic E-state index is 12.3. The van der Waals surface area contributed by atoms with Crippen molar-refractivity contribution in [2.24, 2.45) is 5.84 Å². The molecule has 2 heterocycles. The van der Waals surface area contributed by atoms with E-state index in [0.29, 0.717) is 16.6 Å². The zero-order chi connectivity index (χ0) is 13.0. The van der Waals surface area contributed by atoms with Gasteiger partial charge in [-0.1, -0.05) is 6.92 Å². The number of rotatable bonds is 3. The first-order valence-electron chi connectivity index (χ1n) is 6.08. The van der Waals surface area contributed by atoms with Crippen LogP contribution >= 0.6 is 11.8 Å². The van der Waals surface area contributed by atoms with E-state index in [1.54, 1.807) is 18.3 Å². The van der Waals surface area contributed by atoms with Crippen molar-refractivity contribution in [3.05, 3.63) is 24.0 Å². The summed E-state index contributed by atoms with van der Waals surface area (Å²) in [5, 5.41) is 0.540. The Labute approximate surface area is 111 Å². The summed E-state index contributed by atoms with van der Waals surface area (Å²) in [5.74, 6) is 6.33. The minimum Gasteiger partial charge on any atom is -0.335 e. The zero-order valence-electron chi connectivity index (χ0n) is 10.4. The lowest BCUT2D eigenvalue weighted by Gasteiger charge is -2.31. The predicted molar refractivity (Wildman–Crippen MR) is 74.5 cm³/mol. The first-order valence-corrected chi connectivity index (χ1v) is 7.13. The van der Waals surface area contributed by atoms with Gasteiger partial charge in [-0.05, 0) is 18.6 Å². The second-order valence-corrected chi connectivity index (χ2v) is 5.63. The van der Waals surface area contributed by atoms with Crippen molar-refractivity contribution in [2.45, 2.75) is 18.6 Å². The molecular formula is C12H18N4OS. The molecule has 3 N–H and O–H groups in total. The number of nitrogens with zero attached hydrogens (tertiary/aromatic N) is 2. The standard InChI is InChI=1S/C12H18N4OS/c1-2-10-8-16(5-6-18-10)12(17)11-7-9(15-13)3-4-14-11/h3-4,7,10H,2,5-6,8,13H2,1H3,(H,14,15). The molecule has 0 bridgehead atoms. The molecule has 1 aromatic heterocycles. The van der Waals surface area contributed by atoms with Gasteiger partial charge in [-0.15, -0.1) is 0 Å². The molecule has 0 aromatic carbocycles. The van der Waals surface area contributed by atoms with Gasteiger partial charge >= 0.3 is 0 Å². The fourth-order valence-electron chi connectivity index (χ4n) is 1.95. The molecule has 1 aliphatic rings. The number of pyridine rings is 1. The largest absolute Gasteiger partial charge is 0.335 e. The van der Waals surface area contributed by atoms with Gasteiger partial charge in [0.15, 0.2) is 0 Å². The number of hydrazine groups is 1. The number of amides is 1. The van der Waals surface area contributed by atoms with Gasteiger partial charge in [-0.25, -0.2) is 0 Å². The van der Waals surface area contributed by atoms with Crippen LogP contribution in [0.1, 0.15) is 23.8 Å². The number of nitrogens with two attached hydrogens (primary N) is 1. The van der Waals surface area contributed by atoms with Crippen molar-refractivity contribution >= 4 is 23.4 Å². The SMILES string of the molecule is CCC1CN(C(=O)c2cc(NN)ccn2)CCS1. The van der Waals surface area contributed by atoms with Crippen LogP contribution in [0, 0.1) is 0 Å². The van der Waals surface area contributed by atoms with E-state index in [4.69, 9.17) is 5.84 Å². The van der Waals surface area contributed by atoms with Crippen molar-refractivity contribution in [1.29, 1.82) is 0 Å². The molecule has 1 atom stereocenters. The number of nitrogen functional groups attached to an aromatic ring is 1. The quantitative estimate of drug-likeness (QED) is 0.638. The molecule has 6 heteroatoms. The molecule has 18 heavy (non-hydrogen) atoms. The third kappa shape index (κ3) is 2.94. The summed E-state index contributed by atoms with van der Waals surface area (Å²) in [7, 11) is 0. The van der Waals surface area contributed by atoms with Gasteiger partial charge in [-0.2, -0.15) is 11.8 Å². The Morgan fingerprint density at radius 1 is 1.72 bits per heavy atom. The van der Waals surface area contributed by atoms with Crippen molar-refractivity contribution in [3.63, 3.8) is 0 Å². The van der Waals surface area contributed by atoms with Crippen LogP contribution in [0.3, 0.4) is 0 Å². The van der Waals surface area contributed by atoms with Crippen LogP contribution < -0.4 is 11.3 Å². The van der Waals surface area contributed by atoms with Crippen LogP contribution in [0.15, 0.2) is 18.3 Å². The van der Waals surface area contributed by atoms with E-state index in [1.165, 1.54) is 0 Å². The van der Waals surface area contributed by atoms with Crippen LogP contribution in [-0.4, -0.2) is 39.9 Å². The van der Waals surface area contributed by atoms with Crippen molar-refractivity contribution in [3.8, 4) is 0 Å². The van der Waals surface area contributed by atoms with E-state index in [2.05, 4.69) is 17.3 Å². The Kier molecular flexibility index (Phi) is 4.43. The first-order chi connectivity index (χ1) is 8.74. The van der Waals surface area contributed by atoms with Crippen molar-refractivity contribution < 1.29 is 4.79 Å². The van der Waals surface area contributed by atoms with Gasteiger partial charge < -0.3 is 10.3 Å². The van der Waals surface area contributed by atoms with Gasteiger partial charge in [0.2, 0.25) is 0 Å². The average Bonchev–Trinajstić information content (AvgIpc) is 2.46. The molecule has 98 valence electrons. The van der Waals surface area contributed by atoms with Crippen molar-refractivity contribution in [2.75, 3.05) is 24.3 Å². The number of aromatic nitrogens is 1. The van der Waals surface area contributed by atoms with E-state index >= 15 is 0 Å². The summed E-state index contributed by atoms with van der Waals surface area (Å²) in [4.78, 5) is 18.3. The van der Waals surface area contributed by atoms with Crippen LogP contribution in [0.25, 0.3) is 0 Å². The molecule has 1 aromatic rings. The molecule has 1 saturated heterocycles. The molecule has 1 aliphatic heterocycles. The molecule has 5 nitrogen and oxygen atoms in total. The lowest BCUT2D eigenvalue weighted by molar-refractivity contribution is 0.0755. The third-order valence-electron chi connectivity index (χ3n) is 3.03. The minimum atomic E-state index is -0.00847. The van der Waals surface area contributed by atoms with E-state index < -0.39 is 0 Å². The second-order valence-electron chi connectivity index (χ2n) is 4.23. The monoisotopic (exact) mass is 266 g/mol. The summed E-state index contributed by atoms with van der Waals surface area (Å²) in [5.41, 5.74) is 3.68. The van der Waals surface area contributed by atoms with Crippen molar-refractivity contribution in [1.82, 2.24) is 9.88 Å². The molecule has 1 unspecified atom stereocenters. The number of hydrogen-bond acceptors (Lipinski definition) is 5. The summed E-state index contributed by atoms with van der Waals surface area (Å²) in [6.07, 6.45) is 2.69. The highest BCUT2D eigenvalue weighted by Crippen LogP contribution is 2.22. The Morgan fingerprint density at radius 2 is 2.56 bits per heavy atom. The lowest BCUT2D eigenvalue weighted by Crippen LogP contribution is -2.42. The zero-order valence-corrected chi connectivity index (χ0v) is 11.2. The van der Waals surface area contributed by atoms with Gasteiger partial charge in [0, 0.05) is 30.3 Å². The number of nitrogens with one attached hydrogen (secondary N) is 1. The lowest BCUT2D eigenvalue weighted by atomic mass is 10.2. The molecule has 1 fully saturated rings. The van der Waals surface area contributed by atoms with E-state index in [0.717, 1.165) is 25.3 Å². The Bertz CT molecular complexity index is 426. The van der Waals surface area contributed by atoms with Crippen LogP contribution in [0.2, 0.25) is 0 Å². The van der Waals surface area contributed by atoms with Crippen LogP contribution in [0.4, 0.5) is 5.69 Å². The minimum absolute atomic E-state index is 0.00847. The van der Waals surface area contributed by atoms with E-state index in [-0.39, 0.29) is 5.91 Å². The Balaban J connectivity index is 2.10. The molecule has 2 rings (SSSR count). The average molecular weight is 266 g/mol. The second kappa shape index (κ2) is 6.06. The number of carbonyl (C=O) groups excluding carboxylic acids is 1. The molecule has 0 radical (unpaired) electrons. The summed E-state index contributed by atoms with van der Waals surface area (Å²) in [6, 6.07) is 3.42. The summed E-state index contributed by atoms with van der Waals surface area (Å²) < 4.78 is 0. The summed E-state index contributed by atoms with van der Waals surface area (Å²) in [6.45, 7) is 3.76. The van der Waals surface area contributed by atoms with Crippen LogP contribution in [0.5, 0.6) is 0 Å². The number of carbonyl (C=O) groups is 1. The summed E-state index contributed by atoms with van der Waals surface area (Å²) >= 11 is 1.94.